The molecule has 0 aromatic carbocycles. The van der Waals surface area contributed by atoms with Crippen molar-refractivity contribution in [3.8, 4) is 0 Å². The molecule has 2 nitrogen and oxygen atoms in total. The molecule has 0 amide bonds. The number of hydrogen-bond acceptors (Lipinski definition) is 2. The van der Waals surface area contributed by atoms with E-state index in [9.17, 15) is 5.11 Å². The van der Waals surface area contributed by atoms with Crippen LogP contribution < -0.4 is 5.32 Å². The minimum Gasteiger partial charge on any atom is -0.388 e. The van der Waals surface area contributed by atoms with Gasteiger partial charge in [-0.15, -0.1) is 0 Å². The first-order valence-corrected chi connectivity index (χ1v) is 7.91. The second-order valence-electron chi connectivity index (χ2n) is 7.63. The molecule has 0 aromatic rings. The molecule has 0 heterocycles. The van der Waals surface area contributed by atoms with Crippen LogP contribution in [0.5, 0.6) is 0 Å². The van der Waals surface area contributed by atoms with Gasteiger partial charge in [0.15, 0.2) is 0 Å². The van der Waals surface area contributed by atoms with Crippen molar-refractivity contribution in [1.29, 1.82) is 0 Å². The Morgan fingerprint density at radius 2 is 1.56 bits per heavy atom. The van der Waals surface area contributed by atoms with Gasteiger partial charge in [-0.25, -0.2) is 0 Å². The van der Waals surface area contributed by atoms with Crippen molar-refractivity contribution in [1.82, 2.24) is 5.32 Å². The summed E-state index contributed by atoms with van der Waals surface area (Å²) in [6, 6.07) is 0. The van der Waals surface area contributed by atoms with Gasteiger partial charge in [0.1, 0.15) is 0 Å². The van der Waals surface area contributed by atoms with Gasteiger partial charge >= 0.3 is 0 Å². The van der Waals surface area contributed by atoms with E-state index in [4.69, 9.17) is 0 Å². The second kappa shape index (κ2) is 4.49. The Morgan fingerprint density at radius 3 is 1.94 bits per heavy atom. The zero-order valence-corrected chi connectivity index (χ0v) is 12.2. The van der Waals surface area contributed by atoms with Crippen LogP contribution in [-0.2, 0) is 0 Å². The molecule has 18 heavy (non-hydrogen) atoms. The zero-order valence-electron chi connectivity index (χ0n) is 12.2. The summed E-state index contributed by atoms with van der Waals surface area (Å²) in [5.74, 6) is 4.51. The van der Waals surface area contributed by atoms with Gasteiger partial charge in [-0.05, 0) is 74.7 Å². The maximum absolute atomic E-state index is 11.3. The van der Waals surface area contributed by atoms with E-state index in [0.29, 0.717) is 11.8 Å². The lowest BCUT2D eigenvalue weighted by Gasteiger charge is -2.59. The zero-order chi connectivity index (χ0) is 12.9. The Labute approximate surface area is 112 Å². The third kappa shape index (κ3) is 1.84. The summed E-state index contributed by atoms with van der Waals surface area (Å²) in [5.41, 5.74) is -0.489. The van der Waals surface area contributed by atoms with Crippen molar-refractivity contribution in [2.75, 3.05) is 13.6 Å². The van der Waals surface area contributed by atoms with Crippen LogP contribution in [0.4, 0.5) is 0 Å². The fourth-order valence-electron chi connectivity index (χ4n) is 5.73. The van der Waals surface area contributed by atoms with Gasteiger partial charge < -0.3 is 10.4 Å². The topological polar surface area (TPSA) is 32.3 Å². The van der Waals surface area contributed by atoms with Gasteiger partial charge in [-0.3, -0.25) is 0 Å². The fraction of sp³-hybridized carbons (Fsp3) is 1.00. The first-order valence-electron chi connectivity index (χ1n) is 7.91. The van der Waals surface area contributed by atoms with Crippen LogP contribution in [0.3, 0.4) is 0 Å². The molecule has 0 saturated heterocycles. The molecule has 4 bridgehead atoms. The maximum atomic E-state index is 11.3. The van der Waals surface area contributed by atoms with Crippen LogP contribution in [0.15, 0.2) is 0 Å². The van der Waals surface area contributed by atoms with Crippen molar-refractivity contribution in [3.63, 3.8) is 0 Å². The molecular weight excluding hydrogens is 222 g/mol. The average molecular weight is 251 g/mol. The first-order chi connectivity index (χ1) is 8.54. The van der Waals surface area contributed by atoms with Crippen LogP contribution in [0, 0.1) is 35.5 Å². The Hall–Kier alpha value is -0.0800. The molecule has 0 spiro atoms. The van der Waals surface area contributed by atoms with Gasteiger partial charge in [-0.2, -0.15) is 0 Å². The van der Waals surface area contributed by atoms with E-state index in [1.807, 2.05) is 7.05 Å². The summed E-state index contributed by atoms with van der Waals surface area (Å²) in [7, 11) is 1.98. The molecule has 4 aliphatic rings. The molecule has 2 heteroatoms. The molecule has 0 aliphatic heterocycles. The van der Waals surface area contributed by atoms with Crippen LogP contribution in [-0.4, -0.2) is 24.3 Å². The summed E-state index contributed by atoms with van der Waals surface area (Å²) in [5, 5.41) is 14.5. The van der Waals surface area contributed by atoms with Crippen LogP contribution in [0.25, 0.3) is 0 Å². The fourth-order valence-corrected chi connectivity index (χ4v) is 5.73. The summed E-state index contributed by atoms with van der Waals surface area (Å²) in [6.45, 7) is 5.16. The van der Waals surface area contributed by atoms with Crippen LogP contribution in [0.2, 0.25) is 0 Å². The van der Waals surface area contributed by atoms with Crippen molar-refractivity contribution < 1.29 is 5.11 Å². The molecule has 104 valence electrons. The predicted molar refractivity (Wildman–Crippen MR) is 74.2 cm³/mol. The normalized spacial score (nSPS) is 45.5. The van der Waals surface area contributed by atoms with Crippen LogP contribution >= 0.6 is 0 Å². The Morgan fingerprint density at radius 1 is 1.06 bits per heavy atom. The Bertz CT molecular complexity index is 286. The van der Waals surface area contributed by atoms with Gasteiger partial charge in [0.25, 0.3) is 0 Å². The lowest BCUT2D eigenvalue weighted by molar-refractivity contribution is -0.159. The van der Waals surface area contributed by atoms with Crippen molar-refractivity contribution in [3.05, 3.63) is 0 Å². The van der Waals surface area contributed by atoms with Gasteiger partial charge in [0.2, 0.25) is 0 Å². The van der Waals surface area contributed by atoms with Crippen molar-refractivity contribution >= 4 is 0 Å². The number of likely N-dealkylation sites (N-methyl/N-ethyl adjacent to an activating group) is 1. The summed E-state index contributed by atoms with van der Waals surface area (Å²) < 4.78 is 0. The van der Waals surface area contributed by atoms with Crippen molar-refractivity contribution in [2.45, 2.75) is 51.6 Å². The number of aliphatic hydroxyl groups is 1. The van der Waals surface area contributed by atoms with Crippen molar-refractivity contribution in [2.24, 2.45) is 35.5 Å². The Kier molecular flexibility index (Phi) is 3.22. The number of hydrogen-bond donors (Lipinski definition) is 2. The van der Waals surface area contributed by atoms with E-state index >= 15 is 0 Å². The summed E-state index contributed by atoms with van der Waals surface area (Å²) >= 11 is 0. The van der Waals surface area contributed by atoms with Crippen LogP contribution in [0.1, 0.15) is 46.0 Å². The van der Waals surface area contributed by atoms with E-state index < -0.39 is 5.60 Å². The smallest absolute Gasteiger partial charge is 0.0827 e. The third-order valence-electron chi connectivity index (χ3n) is 6.26. The van der Waals surface area contributed by atoms with Gasteiger partial charge in [-0.1, -0.05) is 13.8 Å². The molecule has 4 rings (SSSR count). The molecule has 1 unspecified atom stereocenters. The highest BCUT2D eigenvalue weighted by molar-refractivity contribution is 5.06. The highest BCUT2D eigenvalue weighted by Crippen LogP contribution is 2.59. The number of nitrogens with one attached hydrogen (secondary N) is 1. The lowest BCUT2D eigenvalue weighted by atomic mass is 9.47. The molecule has 4 aliphatic carbocycles. The van der Waals surface area contributed by atoms with E-state index in [0.717, 1.165) is 30.2 Å². The first kappa shape index (κ1) is 12.9. The molecule has 4 fully saturated rings. The molecule has 0 aromatic heterocycles. The van der Waals surface area contributed by atoms with Gasteiger partial charge in [0, 0.05) is 6.54 Å². The standard InChI is InChI=1S/C16H29NO/c1-10(2)16(18,9-17-3)15-13-5-11-4-12(7-13)8-14(15)6-11/h10-15,17-18H,4-9H2,1-3H3. The maximum Gasteiger partial charge on any atom is 0.0827 e. The molecule has 1 atom stereocenters. The van der Waals surface area contributed by atoms with E-state index in [1.165, 1.54) is 32.1 Å². The highest BCUT2D eigenvalue weighted by atomic mass is 16.3. The average Bonchev–Trinajstić information content (AvgIpc) is 2.27. The molecule has 0 radical (unpaired) electrons. The number of rotatable bonds is 4. The molecule has 4 saturated carbocycles. The van der Waals surface area contributed by atoms with Gasteiger partial charge in [0.05, 0.1) is 5.60 Å². The van der Waals surface area contributed by atoms with E-state index in [-0.39, 0.29) is 0 Å². The second-order valence-corrected chi connectivity index (χ2v) is 7.63. The SMILES string of the molecule is CNCC(O)(C(C)C)C1C2CC3CC(C2)CC1C3. The highest BCUT2D eigenvalue weighted by Gasteiger charge is 2.55. The third-order valence-corrected chi connectivity index (χ3v) is 6.26. The summed E-state index contributed by atoms with van der Waals surface area (Å²) in [6.07, 6.45) is 7.09. The summed E-state index contributed by atoms with van der Waals surface area (Å²) in [4.78, 5) is 0. The molecule has 2 N–H and O–H groups in total. The quantitative estimate of drug-likeness (QED) is 0.805. The predicted octanol–water partition coefficient (Wildman–Crippen LogP) is 2.67. The van der Waals surface area contributed by atoms with E-state index in [1.54, 1.807) is 0 Å². The Balaban J connectivity index is 1.86. The minimum absolute atomic E-state index is 0.354. The monoisotopic (exact) mass is 251 g/mol. The van der Waals surface area contributed by atoms with E-state index in [2.05, 4.69) is 19.2 Å². The largest absolute Gasteiger partial charge is 0.388 e. The molecular formula is C16H29NO. The minimum atomic E-state index is -0.489. The lowest BCUT2D eigenvalue weighted by Crippen LogP contribution is -2.60.